The molecule has 0 amide bonds. The predicted molar refractivity (Wildman–Crippen MR) is 62.3 cm³/mol. The number of hydrogen-bond donors (Lipinski definition) is 1. The molecule has 0 aliphatic carbocycles. The first-order chi connectivity index (χ1) is 7.65. The molecule has 84 valence electrons. The van der Waals surface area contributed by atoms with Crippen LogP contribution in [0.15, 0.2) is 22.6 Å². The third kappa shape index (κ3) is 2.39. The molecular weight excluding hydrogens is 202 g/mol. The van der Waals surface area contributed by atoms with E-state index < -0.39 is 0 Å². The van der Waals surface area contributed by atoms with Gasteiger partial charge in [-0.1, -0.05) is 17.7 Å². The van der Waals surface area contributed by atoms with Gasteiger partial charge in [0.2, 0.25) is 11.8 Å². The van der Waals surface area contributed by atoms with Crippen LogP contribution in [0.2, 0.25) is 0 Å². The normalized spacial score (nSPS) is 10.4. The highest BCUT2D eigenvalue weighted by molar-refractivity contribution is 5.51. The summed E-state index contributed by atoms with van der Waals surface area (Å²) >= 11 is 0. The van der Waals surface area contributed by atoms with E-state index in [9.17, 15) is 0 Å². The van der Waals surface area contributed by atoms with Crippen LogP contribution in [0.25, 0.3) is 0 Å². The third-order valence-corrected chi connectivity index (χ3v) is 2.38. The van der Waals surface area contributed by atoms with E-state index >= 15 is 0 Å². The Balaban J connectivity index is 2.04. The Hall–Kier alpha value is -1.84. The van der Waals surface area contributed by atoms with Gasteiger partial charge in [-0.25, -0.2) is 0 Å². The van der Waals surface area contributed by atoms with Crippen molar-refractivity contribution in [3.05, 3.63) is 41.1 Å². The highest BCUT2D eigenvalue weighted by atomic mass is 16.4. The molecule has 1 heterocycles. The lowest BCUT2D eigenvalue weighted by atomic mass is 10.1. The van der Waals surface area contributed by atoms with Crippen molar-refractivity contribution >= 4 is 5.69 Å². The van der Waals surface area contributed by atoms with Crippen LogP contribution in [-0.4, -0.2) is 10.2 Å². The van der Waals surface area contributed by atoms with Crippen molar-refractivity contribution in [3.63, 3.8) is 0 Å². The zero-order chi connectivity index (χ0) is 11.5. The Morgan fingerprint density at radius 3 is 2.62 bits per heavy atom. The second-order valence-electron chi connectivity index (χ2n) is 3.89. The van der Waals surface area contributed by atoms with Gasteiger partial charge in [0.15, 0.2) is 0 Å². The van der Waals surface area contributed by atoms with Crippen molar-refractivity contribution in [1.82, 2.24) is 10.2 Å². The maximum Gasteiger partial charge on any atom is 0.235 e. The van der Waals surface area contributed by atoms with E-state index in [0.29, 0.717) is 18.3 Å². The first kappa shape index (κ1) is 10.7. The van der Waals surface area contributed by atoms with Gasteiger partial charge in [-0.2, -0.15) is 0 Å². The molecule has 0 radical (unpaired) electrons. The molecule has 0 bridgehead atoms. The average Bonchev–Trinajstić information content (AvgIpc) is 2.63. The van der Waals surface area contributed by atoms with E-state index in [1.807, 2.05) is 0 Å². The van der Waals surface area contributed by atoms with Crippen molar-refractivity contribution in [1.29, 1.82) is 0 Å². The van der Waals surface area contributed by atoms with Crippen LogP contribution >= 0.6 is 0 Å². The fraction of sp³-hybridized carbons (Fsp3) is 0.333. The van der Waals surface area contributed by atoms with E-state index in [4.69, 9.17) is 4.42 Å². The highest BCUT2D eigenvalue weighted by Crippen LogP contribution is 2.16. The van der Waals surface area contributed by atoms with Gasteiger partial charge in [0.05, 0.1) is 6.54 Å². The predicted octanol–water partition coefficient (Wildman–Crippen LogP) is 2.61. The molecule has 0 saturated heterocycles. The van der Waals surface area contributed by atoms with Gasteiger partial charge >= 0.3 is 0 Å². The Morgan fingerprint density at radius 2 is 2.00 bits per heavy atom. The molecule has 0 unspecified atom stereocenters. The van der Waals surface area contributed by atoms with E-state index in [-0.39, 0.29) is 0 Å². The lowest BCUT2D eigenvalue weighted by molar-refractivity contribution is 0.475. The zero-order valence-corrected chi connectivity index (χ0v) is 9.74. The van der Waals surface area contributed by atoms with Crippen molar-refractivity contribution in [2.45, 2.75) is 27.3 Å². The van der Waals surface area contributed by atoms with Crippen LogP contribution in [0.3, 0.4) is 0 Å². The number of nitrogens with zero attached hydrogens (tertiary/aromatic N) is 2. The minimum atomic E-state index is 0.560. The number of rotatable bonds is 3. The summed E-state index contributed by atoms with van der Waals surface area (Å²) < 4.78 is 5.28. The number of hydrogen-bond acceptors (Lipinski definition) is 4. The minimum absolute atomic E-state index is 0.560. The van der Waals surface area contributed by atoms with Gasteiger partial charge < -0.3 is 9.73 Å². The van der Waals surface area contributed by atoms with Gasteiger partial charge in [-0.15, -0.1) is 10.2 Å². The molecule has 0 aliphatic rings. The fourth-order valence-corrected chi connectivity index (χ4v) is 1.59. The van der Waals surface area contributed by atoms with Crippen molar-refractivity contribution < 1.29 is 4.42 Å². The van der Waals surface area contributed by atoms with Gasteiger partial charge in [-0.3, -0.25) is 0 Å². The number of nitrogens with one attached hydrogen (secondary N) is 1. The second kappa shape index (κ2) is 4.35. The van der Waals surface area contributed by atoms with Gasteiger partial charge in [-0.05, 0) is 25.5 Å². The summed E-state index contributed by atoms with van der Waals surface area (Å²) in [4.78, 5) is 0. The zero-order valence-electron chi connectivity index (χ0n) is 9.74. The van der Waals surface area contributed by atoms with Crippen LogP contribution in [0.1, 0.15) is 22.9 Å². The summed E-state index contributed by atoms with van der Waals surface area (Å²) in [6.45, 7) is 6.50. The van der Waals surface area contributed by atoms with Crippen LogP contribution in [0.5, 0.6) is 0 Å². The second-order valence-corrected chi connectivity index (χ2v) is 3.89. The lowest BCUT2D eigenvalue weighted by Gasteiger charge is -2.07. The molecule has 16 heavy (non-hydrogen) atoms. The van der Waals surface area contributed by atoms with Gasteiger partial charge in [0, 0.05) is 12.6 Å². The summed E-state index contributed by atoms with van der Waals surface area (Å²) in [5.41, 5.74) is 3.58. The van der Waals surface area contributed by atoms with E-state index in [1.165, 1.54) is 11.1 Å². The molecule has 0 spiro atoms. The van der Waals surface area contributed by atoms with Crippen molar-refractivity contribution in [3.8, 4) is 0 Å². The van der Waals surface area contributed by atoms with E-state index in [0.717, 1.165) is 5.69 Å². The highest BCUT2D eigenvalue weighted by Gasteiger charge is 2.03. The van der Waals surface area contributed by atoms with E-state index in [2.05, 4.69) is 47.6 Å². The number of anilines is 1. The Labute approximate surface area is 94.7 Å². The molecule has 2 rings (SSSR count). The topological polar surface area (TPSA) is 51.0 Å². The average molecular weight is 217 g/mol. The summed E-state index contributed by atoms with van der Waals surface area (Å²) in [7, 11) is 0. The molecule has 4 heteroatoms. The molecule has 2 aromatic rings. The smallest absolute Gasteiger partial charge is 0.235 e. The number of benzene rings is 1. The summed E-state index contributed by atoms with van der Waals surface area (Å²) in [6.07, 6.45) is 0. The monoisotopic (exact) mass is 217 g/mol. The largest absolute Gasteiger partial charge is 0.424 e. The standard InChI is InChI=1S/C12H15N3O/c1-8-4-5-11(9(2)6-8)13-7-12-15-14-10(3)16-12/h4-6,13H,7H2,1-3H3. The van der Waals surface area contributed by atoms with E-state index in [1.54, 1.807) is 6.92 Å². The van der Waals surface area contributed by atoms with Crippen molar-refractivity contribution in [2.24, 2.45) is 0 Å². The Morgan fingerprint density at radius 1 is 1.19 bits per heavy atom. The SMILES string of the molecule is Cc1ccc(NCc2nnc(C)o2)c(C)c1. The quantitative estimate of drug-likeness (QED) is 0.858. The van der Waals surface area contributed by atoms with Crippen LogP contribution in [0.4, 0.5) is 5.69 Å². The molecule has 1 N–H and O–H groups in total. The maximum absolute atomic E-state index is 5.28. The Bertz CT molecular complexity index is 491. The number of aromatic nitrogens is 2. The summed E-state index contributed by atoms with van der Waals surface area (Å²) in [5, 5.41) is 11.0. The molecular formula is C12H15N3O. The molecule has 1 aromatic carbocycles. The lowest BCUT2D eigenvalue weighted by Crippen LogP contribution is -2.01. The molecule has 0 atom stereocenters. The third-order valence-electron chi connectivity index (χ3n) is 2.38. The fourth-order valence-electron chi connectivity index (χ4n) is 1.59. The van der Waals surface area contributed by atoms with Gasteiger partial charge in [0.1, 0.15) is 0 Å². The molecule has 0 saturated carbocycles. The first-order valence-corrected chi connectivity index (χ1v) is 5.25. The molecule has 1 aromatic heterocycles. The molecule has 0 aliphatic heterocycles. The first-order valence-electron chi connectivity index (χ1n) is 5.25. The number of aryl methyl sites for hydroxylation is 3. The van der Waals surface area contributed by atoms with Crippen LogP contribution < -0.4 is 5.32 Å². The maximum atomic E-state index is 5.28. The summed E-state index contributed by atoms with van der Waals surface area (Å²) in [5.74, 6) is 1.20. The van der Waals surface area contributed by atoms with Crippen LogP contribution in [-0.2, 0) is 6.54 Å². The van der Waals surface area contributed by atoms with Crippen molar-refractivity contribution in [2.75, 3.05) is 5.32 Å². The summed E-state index contributed by atoms with van der Waals surface area (Å²) in [6, 6.07) is 6.28. The minimum Gasteiger partial charge on any atom is -0.424 e. The van der Waals surface area contributed by atoms with Crippen LogP contribution in [0, 0.1) is 20.8 Å². The Kier molecular flexibility index (Phi) is 2.90. The molecule has 0 fully saturated rings. The van der Waals surface area contributed by atoms with Gasteiger partial charge in [0.25, 0.3) is 0 Å². The molecule has 4 nitrogen and oxygen atoms in total.